The van der Waals surface area contributed by atoms with E-state index in [4.69, 9.17) is 19.2 Å². The fourth-order valence-corrected chi connectivity index (χ4v) is 3.48. The molecule has 0 bridgehead atoms. The van der Waals surface area contributed by atoms with Crippen LogP contribution in [0.5, 0.6) is 11.8 Å². The lowest BCUT2D eigenvalue weighted by atomic mass is 10.3. The molecule has 2 aliphatic rings. The van der Waals surface area contributed by atoms with Gasteiger partial charge in [0, 0.05) is 51.0 Å². The molecule has 2 aromatic heterocycles. The van der Waals surface area contributed by atoms with Crippen molar-refractivity contribution in [2.45, 2.75) is 6.92 Å². The van der Waals surface area contributed by atoms with Crippen molar-refractivity contribution < 1.29 is 14.2 Å². The van der Waals surface area contributed by atoms with Crippen molar-refractivity contribution in [3.63, 3.8) is 0 Å². The molecule has 2 aromatic rings. The maximum absolute atomic E-state index is 5.45. The van der Waals surface area contributed by atoms with Crippen LogP contribution in [0, 0.1) is 6.92 Å². The molecule has 2 saturated heterocycles. The van der Waals surface area contributed by atoms with E-state index >= 15 is 0 Å². The van der Waals surface area contributed by atoms with Crippen molar-refractivity contribution in [2.75, 3.05) is 81.4 Å². The van der Waals surface area contributed by atoms with Gasteiger partial charge in [-0.05, 0) is 6.92 Å². The average Bonchev–Trinajstić information content (AvgIpc) is 2.79. The highest BCUT2D eigenvalue weighted by atomic mass is 16.5. The van der Waals surface area contributed by atoms with Crippen LogP contribution in [-0.4, -0.2) is 86.6 Å². The molecule has 2 aliphatic heterocycles. The minimum Gasteiger partial charge on any atom is -0.481 e. The van der Waals surface area contributed by atoms with Gasteiger partial charge in [-0.1, -0.05) is 0 Å². The van der Waals surface area contributed by atoms with Gasteiger partial charge >= 0.3 is 0 Å². The molecule has 0 radical (unpaired) electrons. The molecule has 0 aromatic carbocycles. The maximum Gasteiger partial charge on any atom is 0.232 e. The molecular formula is C19H27N7O3. The summed E-state index contributed by atoms with van der Waals surface area (Å²) in [5, 5.41) is 0. The third-order valence-corrected chi connectivity index (χ3v) is 5.09. The molecule has 0 atom stereocenters. The van der Waals surface area contributed by atoms with E-state index in [1.165, 1.54) is 0 Å². The standard InChI is InChI=1S/C19H27N7O3/c1-14-12-15(24-8-10-29-11-9-24)21-18(20-14)25-4-6-26(7-5-25)19-22-16(27-2)13-17(23-19)28-3/h12-13H,4-11H2,1-3H3. The van der Waals surface area contributed by atoms with Crippen LogP contribution in [0.15, 0.2) is 12.1 Å². The van der Waals surface area contributed by atoms with Crippen LogP contribution in [-0.2, 0) is 4.74 Å². The van der Waals surface area contributed by atoms with Crippen molar-refractivity contribution in [1.29, 1.82) is 0 Å². The SMILES string of the molecule is COc1cc(OC)nc(N2CCN(c3nc(C)cc(N4CCOCC4)n3)CC2)n1. The number of morpholine rings is 1. The lowest BCUT2D eigenvalue weighted by Gasteiger charge is -2.35. The first-order chi connectivity index (χ1) is 14.2. The van der Waals surface area contributed by atoms with Gasteiger partial charge in [-0.15, -0.1) is 0 Å². The summed E-state index contributed by atoms with van der Waals surface area (Å²) in [5.41, 5.74) is 0.972. The normalized spacial score (nSPS) is 17.4. The third kappa shape index (κ3) is 4.42. The zero-order chi connectivity index (χ0) is 20.2. The van der Waals surface area contributed by atoms with Crippen molar-refractivity contribution in [3.05, 3.63) is 17.8 Å². The van der Waals surface area contributed by atoms with E-state index in [1.54, 1.807) is 20.3 Å². The van der Waals surface area contributed by atoms with Gasteiger partial charge < -0.3 is 28.9 Å². The Morgan fingerprint density at radius 3 is 1.83 bits per heavy atom. The quantitative estimate of drug-likeness (QED) is 0.715. The molecule has 29 heavy (non-hydrogen) atoms. The van der Waals surface area contributed by atoms with Crippen molar-refractivity contribution in [3.8, 4) is 11.8 Å². The lowest BCUT2D eigenvalue weighted by molar-refractivity contribution is 0.122. The Balaban J connectivity index is 1.46. The highest BCUT2D eigenvalue weighted by Crippen LogP contribution is 2.23. The van der Waals surface area contributed by atoms with E-state index in [9.17, 15) is 0 Å². The number of piperazine rings is 1. The number of anilines is 3. The van der Waals surface area contributed by atoms with Crippen LogP contribution in [0.2, 0.25) is 0 Å². The van der Waals surface area contributed by atoms with Gasteiger partial charge in [-0.25, -0.2) is 4.98 Å². The second kappa shape index (κ2) is 8.64. The molecule has 0 N–H and O–H groups in total. The molecule has 10 heteroatoms. The average molecular weight is 401 g/mol. The first kappa shape index (κ1) is 19.4. The van der Waals surface area contributed by atoms with Crippen LogP contribution in [0.1, 0.15) is 5.69 Å². The third-order valence-electron chi connectivity index (χ3n) is 5.09. The molecule has 2 fully saturated rings. The minimum atomic E-state index is 0.492. The van der Waals surface area contributed by atoms with E-state index in [1.807, 2.05) is 13.0 Å². The van der Waals surface area contributed by atoms with Crippen LogP contribution in [0.4, 0.5) is 17.7 Å². The number of aromatic nitrogens is 4. The first-order valence-electron chi connectivity index (χ1n) is 9.81. The minimum absolute atomic E-state index is 0.492. The summed E-state index contributed by atoms with van der Waals surface area (Å²) in [4.78, 5) is 25.0. The first-order valence-corrected chi connectivity index (χ1v) is 9.81. The van der Waals surface area contributed by atoms with E-state index in [0.29, 0.717) is 17.7 Å². The van der Waals surface area contributed by atoms with Gasteiger partial charge in [0.05, 0.1) is 33.5 Å². The Morgan fingerprint density at radius 1 is 0.724 bits per heavy atom. The molecule has 10 nitrogen and oxygen atoms in total. The molecule has 156 valence electrons. The summed E-state index contributed by atoms with van der Waals surface area (Å²) in [6.45, 7) is 8.31. The molecule has 0 amide bonds. The lowest BCUT2D eigenvalue weighted by Crippen LogP contribution is -2.48. The Kier molecular flexibility index (Phi) is 5.79. The zero-order valence-electron chi connectivity index (χ0n) is 17.2. The van der Waals surface area contributed by atoms with Crippen LogP contribution >= 0.6 is 0 Å². The number of hydrogen-bond acceptors (Lipinski definition) is 10. The monoisotopic (exact) mass is 401 g/mol. The van der Waals surface area contributed by atoms with Gasteiger partial charge in [0.25, 0.3) is 0 Å². The molecular weight excluding hydrogens is 374 g/mol. The maximum atomic E-state index is 5.45. The summed E-state index contributed by atoms with van der Waals surface area (Å²) in [6, 6.07) is 3.72. The van der Waals surface area contributed by atoms with Crippen molar-refractivity contribution in [2.24, 2.45) is 0 Å². The summed E-state index contributed by atoms with van der Waals surface area (Å²) >= 11 is 0. The number of methoxy groups -OCH3 is 2. The molecule has 0 spiro atoms. The molecule has 4 rings (SSSR count). The number of ether oxygens (including phenoxy) is 3. The Hall–Kier alpha value is -2.88. The molecule has 0 unspecified atom stereocenters. The van der Waals surface area contributed by atoms with Crippen molar-refractivity contribution in [1.82, 2.24) is 19.9 Å². The smallest absolute Gasteiger partial charge is 0.232 e. The van der Waals surface area contributed by atoms with Gasteiger partial charge in [0.15, 0.2) is 0 Å². The topological polar surface area (TPSA) is 89.0 Å². The Morgan fingerprint density at radius 2 is 1.28 bits per heavy atom. The fourth-order valence-electron chi connectivity index (χ4n) is 3.48. The number of nitrogens with zero attached hydrogens (tertiary/aromatic N) is 7. The van der Waals surface area contributed by atoms with Gasteiger partial charge in [0.2, 0.25) is 23.7 Å². The predicted octanol–water partition coefficient (Wildman–Crippen LogP) is 0.755. The Bertz CT molecular complexity index is 814. The second-order valence-corrected chi connectivity index (χ2v) is 6.99. The highest BCUT2D eigenvalue weighted by molar-refractivity contribution is 5.47. The predicted molar refractivity (Wildman–Crippen MR) is 109 cm³/mol. The highest BCUT2D eigenvalue weighted by Gasteiger charge is 2.23. The van der Waals surface area contributed by atoms with E-state index in [-0.39, 0.29) is 0 Å². The van der Waals surface area contributed by atoms with E-state index < -0.39 is 0 Å². The second-order valence-electron chi connectivity index (χ2n) is 6.99. The number of hydrogen-bond donors (Lipinski definition) is 0. The summed E-state index contributed by atoms with van der Waals surface area (Å²) in [5.74, 6) is 3.34. The Labute approximate surface area is 170 Å². The van der Waals surface area contributed by atoms with E-state index in [0.717, 1.165) is 69.9 Å². The molecule has 4 heterocycles. The van der Waals surface area contributed by atoms with Crippen LogP contribution in [0.3, 0.4) is 0 Å². The van der Waals surface area contributed by atoms with Gasteiger partial charge in [-0.3, -0.25) is 0 Å². The van der Waals surface area contributed by atoms with Crippen LogP contribution in [0.25, 0.3) is 0 Å². The van der Waals surface area contributed by atoms with Crippen molar-refractivity contribution >= 4 is 17.7 Å². The largest absolute Gasteiger partial charge is 0.481 e. The number of rotatable bonds is 5. The summed E-state index contributed by atoms with van der Waals surface area (Å²) in [6.07, 6.45) is 0. The number of aryl methyl sites for hydroxylation is 1. The fraction of sp³-hybridized carbons (Fsp3) is 0.579. The van der Waals surface area contributed by atoms with E-state index in [2.05, 4.69) is 29.7 Å². The summed E-state index contributed by atoms with van der Waals surface area (Å²) < 4.78 is 16.0. The van der Waals surface area contributed by atoms with Crippen LogP contribution < -0.4 is 24.2 Å². The molecule has 0 aliphatic carbocycles. The van der Waals surface area contributed by atoms with Gasteiger partial charge in [-0.2, -0.15) is 15.0 Å². The zero-order valence-corrected chi connectivity index (χ0v) is 17.2. The van der Waals surface area contributed by atoms with Gasteiger partial charge in [0.1, 0.15) is 5.82 Å². The summed E-state index contributed by atoms with van der Waals surface area (Å²) in [7, 11) is 3.18. The molecule has 0 saturated carbocycles.